The number of aliphatic hydroxyl groups excluding tert-OH is 1. The van der Waals surface area contributed by atoms with Gasteiger partial charge >= 0.3 is 0 Å². The van der Waals surface area contributed by atoms with Gasteiger partial charge in [0.25, 0.3) is 0 Å². The molecule has 0 aliphatic carbocycles. The van der Waals surface area contributed by atoms with Gasteiger partial charge in [0.15, 0.2) is 0 Å². The average Bonchev–Trinajstić information content (AvgIpc) is 2.51. The van der Waals surface area contributed by atoms with Gasteiger partial charge in [0.05, 0.1) is 18.8 Å². The Morgan fingerprint density at radius 2 is 2.33 bits per heavy atom. The fraction of sp³-hybridized carbons (Fsp3) is 1.00. The molecule has 2 nitrogen and oxygen atoms in total. The first-order chi connectivity index (χ1) is 5.70. The summed E-state index contributed by atoms with van der Waals surface area (Å²) < 4.78 is 5.36. The molecule has 0 bridgehead atoms. The molecule has 1 aliphatic rings. The van der Waals surface area contributed by atoms with Gasteiger partial charge in [-0.3, -0.25) is 0 Å². The van der Waals surface area contributed by atoms with Crippen molar-refractivity contribution < 1.29 is 9.84 Å². The minimum atomic E-state index is -0.248. The molecule has 2 unspecified atom stereocenters. The maximum Gasteiger partial charge on any atom is 0.0810 e. The lowest BCUT2D eigenvalue weighted by Crippen LogP contribution is -2.27. The van der Waals surface area contributed by atoms with Crippen LogP contribution >= 0.6 is 11.8 Å². The van der Waals surface area contributed by atoms with Crippen molar-refractivity contribution in [2.24, 2.45) is 5.92 Å². The molecular weight excluding hydrogens is 172 g/mol. The molecule has 0 radical (unpaired) electrons. The van der Waals surface area contributed by atoms with Crippen LogP contribution in [0.15, 0.2) is 0 Å². The third-order valence-corrected chi connectivity index (χ3v) is 3.30. The highest BCUT2D eigenvalue weighted by atomic mass is 32.2. The summed E-state index contributed by atoms with van der Waals surface area (Å²) in [5, 5.41) is 9.66. The van der Waals surface area contributed by atoms with Crippen molar-refractivity contribution in [1.29, 1.82) is 0 Å². The van der Waals surface area contributed by atoms with Gasteiger partial charge in [-0.05, 0) is 37.7 Å². The summed E-state index contributed by atoms with van der Waals surface area (Å²) >= 11 is 1.93. The Morgan fingerprint density at radius 1 is 1.58 bits per heavy atom. The van der Waals surface area contributed by atoms with Crippen LogP contribution in [0.4, 0.5) is 0 Å². The number of hydrogen-bond acceptors (Lipinski definition) is 3. The van der Waals surface area contributed by atoms with Gasteiger partial charge < -0.3 is 9.84 Å². The van der Waals surface area contributed by atoms with E-state index in [-0.39, 0.29) is 12.2 Å². The number of ether oxygens (including phenoxy) is 1. The van der Waals surface area contributed by atoms with E-state index in [1.807, 2.05) is 25.6 Å². The molecule has 0 spiro atoms. The van der Waals surface area contributed by atoms with Crippen LogP contribution in [0.25, 0.3) is 0 Å². The van der Waals surface area contributed by atoms with Crippen LogP contribution in [-0.4, -0.2) is 35.4 Å². The molecule has 0 aromatic carbocycles. The molecular formula is C9H18O2S. The number of rotatable bonds is 4. The van der Waals surface area contributed by atoms with Gasteiger partial charge in [-0.1, -0.05) is 0 Å². The predicted octanol–water partition coefficient (Wildman–Crippen LogP) is 1.53. The molecule has 1 fully saturated rings. The topological polar surface area (TPSA) is 29.5 Å². The Balaban J connectivity index is 2.13. The van der Waals surface area contributed by atoms with E-state index in [2.05, 4.69) is 0 Å². The zero-order valence-electron chi connectivity index (χ0n) is 7.82. The van der Waals surface area contributed by atoms with Crippen molar-refractivity contribution in [3.05, 3.63) is 0 Å². The SMILES string of the molecule is CC(C)OCC(O)C1CCSC1. The van der Waals surface area contributed by atoms with Crippen LogP contribution in [-0.2, 0) is 4.74 Å². The van der Waals surface area contributed by atoms with E-state index in [0.717, 1.165) is 12.2 Å². The molecule has 0 amide bonds. The maximum absolute atomic E-state index is 9.66. The van der Waals surface area contributed by atoms with Crippen molar-refractivity contribution in [3.8, 4) is 0 Å². The molecule has 1 aliphatic heterocycles. The van der Waals surface area contributed by atoms with Gasteiger partial charge in [0, 0.05) is 0 Å². The van der Waals surface area contributed by atoms with E-state index >= 15 is 0 Å². The van der Waals surface area contributed by atoms with Gasteiger partial charge in [-0.15, -0.1) is 0 Å². The van der Waals surface area contributed by atoms with Crippen molar-refractivity contribution >= 4 is 11.8 Å². The third kappa shape index (κ3) is 3.33. The smallest absolute Gasteiger partial charge is 0.0810 e. The third-order valence-electron chi connectivity index (χ3n) is 2.11. The molecule has 0 aromatic rings. The van der Waals surface area contributed by atoms with Crippen LogP contribution in [0, 0.1) is 5.92 Å². The monoisotopic (exact) mass is 190 g/mol. The van der Waals surface area contributed by atoms with E-state index in [4.69, 9.17) is 4.74 Å². The number of hydrogen-bond donors (Lipinski definition) is 1. The predicted molar refractivity (Wildman–Crippen MR) is 52.5 cm³/mol. The zero-order chi connectivity index (χ0) is 8.97. The Labute approximate surface area is 78.7 Å². The van der Waals surface area contributed by atoms with Crippen molar-refractivity contribution in [3.63, 3.8) is 0 Å². The fourth-order valence-corrected chi connectivity index (χ4v) is 2.61. The Kier molecular flexibility index (Phi) is 4.40. The van der Waals surface area contributed by atoms with Crippen LogP contribution in [0.3, 0.4) is 0 Å². The number of aliphatic hydroxyl groups is 1. The maximum atomic E-state index is 9.66. The highest BCUT2D eigenvalue weighted by Gasteiger charge is 2.23. The fourth-order valence-electron chi connectivity index (χ4n) is 1.28. The summed E-state index contributed by atoms with van der Waals surface area (Å²) in [7, 11) is 0. The average molecular weight is 190 g/mol. The molecule has 3 heteroatoms. The number of thioether (sulfide) groups is 1. The highest BCUT2D eigenvalue weighted by molar-refractivity contribution is 7.99. The second-order valence-electron chi connectivity index (χ2n) is 3.57. The normalized spacial score (nSPS) is 26.5. The largest absolute Gasteiger partial charge is 0.390 e. The summed E-state index contributed by atoms with van der Waals surface area (Å²) in [6, 6.07) is 0. The van der Waals surface area contributed by atoms with E-state index in [0.29, 0.717) is 12.5 Å². The molecule has 2 atom stereocenters. The lowest BCUT2D eigenvalue weighted by molar-refractivity contribution is -0.0145. The van der Waals surface area contributed by atoms with Gasteiger partial charge in [-0.25, -0.2) is 0 Å². The lowest BCUT2D eigenvalue weighted by Gasteiger charge is -2.18. The molecule has 0 saturated carbocycles. The Bertz CT molecular complexity index is 122. The second kappa shape index (κ2) is 5.10. The van der Waals surface area contributed by atoms with E-state index in [9.17, 15) is 5.11 Å². The molecule has 12 heavy (non-hydrogen) atoms. The van der Waals surface area contributed by atoms with Crippen LogP contribution in [0.1, 0.15) is 20.3 Å². The van der Waals surface area contributed by atoms with Gasteiger partial charge in [0.1, 0.15) is 0 Å². The summed E-state index contributed by atoms with van der Waals surface area (Å²) in [6.07, 6.45) is 1.13. The summed E-state index contributed by atoms with van der Waals surface area (Å²) in [5.41, 5.74) is 0. The molecule has 72 valence electrons. The molecule has 1 saturated heterocycles. The minimum Gasteiger partial charge on any atom is -0.390 e. The quantitative estimate of drug-likeness (QED) is 0.729. The van der Waals surface area contributed by atoms with Crippen molar-refractivity contribution in [2.45, 2.75) is 32.5 Å². The van der Waals surface area contributed by atoms with Crippen molar-refractivity contribution in [1.82, 2.24) is 0 Å². The van der Waals surface area contributed by atoms with Crippen molar-refractivity contribution in [2.75, 3.05) is 18.1 Å². The molecule has 0 aromatic heterocycles. The van der Waals surface area contributed by atoms with E-state index < -0.39 is 0 Å². The first kappa shape index (κ1) is 10.4. The summed E-state index contributed by atoms with van der Waals surface area (Å²) in [6.45, 7) is 4.50. The summed E-state index contributed by atoms with van der Waals surface area (Å²) in [4.78, 5) is 0. The molecule has 1 N–H and O–H groups in total. The first-order valence-electron chi connectivity index (χ1n) is 4.57. The first-order valence-corrected chi connectivity index (χ1v) is 5.73. The van der Waals surface area contributed by atoms with E-state index in [1.54, 1.807) is 0 Å². The van der Waals surface area contributed by atoms with E-state index in [1.165, 1.54) is 5.75 Å². The zero-order valence-corrected chi connectivity index (χ0v) is 8.64. The lowest BCUT2D eigenvalue weighted by atomic mass is 10.0. The molecule has 1 heterocycles. The Hall–Kier alpha value is 0.270. The van der Waals surface area contributed by atoms with Gasteiger partial charge in [0.2, 0.25) is 0 Å². The highest BCUT2D eigenvalue weighted by Crippen LogP contribution is 2.26. The van der Waals surface area contributed by atoms with Crippen LogP contribution < -0.4 is 0 Å². The van der Waals surface area contributed by atoms with Crippen LogP contribution in [0.5, 0.6) is 0 Å². The summed E-state index contributed by atoms with van der Waals surface area (Å²) in [5.74, 6) is 2.76. The standard InChI is InChI=1S/C9H18O2S/c1-7(2)11-5-9(10)8-3-4-12-6-8/h7-10H,3-6H2,1-2H3. The Morgan fingerprint density at radius 3 is 2.83 bits per heavy atom. The second-order valence-corrected chi connectivity index (χ2v) is 4.72. The van der Waals surface area contributed by atoms with Crippen LogP contribution in [0.2, 0.25) is 0 Å². The molecule has 1 rings (SSSR count). The minimum absolute atomic E-state index is 0.230. The van der Waals surface area contributed by atoms with Gasteiger partial charge in [-0.2, -0.15) is 11.8 Å².